The Kier molecular flexibility index (Phi) is 9.08. The number of unbranched alkanes of at least 4 members (excludes halogenated alkanes) is 4. The summed E-state index contributed by atoms with van der Waals surface area (Å²) in [7, 11) is 0. The summed E-state index contributed by atoms with van der Waals surface area (Å²) in [5.41, 5.74) is 0.610. The number of amides is 2. The number of rotatable bonds is 9. The Hall–Kier alpha value is -1.41. The smallest absolute Gasteiger partial charge is 0.350 e. The molecule has 5 nitrogen and oxygen atoms in total. The van der Waals surface area contributed by atoms with Gasteiger partial charge in [0.15, 0.2) is 0 Å². The Morgan fingerprint density at radius 2 is 1.88 bits per heavy atom. The summed E-state index contributed by atoms with van der Waals surface area (Å²) in [5.74, 6) is 0.930. The summed E-state index contributed by atoms with van der Waals surface area (Å²) in [6, 6.07) is 9.10. The molecule has 1 aliphatic carbocycles. The van der Waals surface area contributed by atoms with E-state index in [2.05, 4.69) is 75.6 Å². The van der Waals surface area contributed by atoms with Crippen LogP contribution in [0.3, 0.4) is 0 Å². The average Bonchev–Trinajstić information content (AvgIpc) is 3.09. The largest absolute Gasteiger partial charge is 0.369 e. The van der Waals surface area contributed by atoms with Crippen LogP contribution in [0.4, 0.5) is 10.5 Å². The third kappa shape index (κ3) is 5.86. The van der Waals surface area contributed by atoms with E-state index in [-0.39, 0.29) is 11.6 Å². The molecule has 1 N–H and O–H groups in total. The molecule has 1 saturated carbocycles. The first-order chi connectivity index (χ1) is 16.5. The number of carbonyl (C=O) groups is 1. The van der Waals surface area contributed by atoms with Crippen molar-refractivity contribution >= 4 is 40.1 Å². The Morgan fingerprint density at radius 3 is 2.59 bits per heavy atom. The van der Waals surface area contributed by atoms with Gasteiger partial charge in [-0.05, 0) is 105 Å². The van der Waals surface area contributed by atoms with Crippen molar-refractivity contribution in [2.75, 3.05) is 18.0 Å². The first-order valence-corrected chi connectivity index (χ1v) is 14.4. The molecule has 34 heavy (non-hydrogen) atoms. The standard InChI is InChI=1S/C28H41IN4O/c1-3-4-5-6-7-11-19-32-20-18-28(21-22(32)2)26(30-24-12-9-8-10-13-24)31-27(34)33(28)25-16-14-23(29)15-17-25/h3,14-17,22,24H,1,4-13,18-21H2,2H3,(H,30,31,34)/t22-,28+/m0/s1. The summed E-state index contributed by atoms with van der Waals surface area (Å²) in [6.07, 6.45) is 16.3. The molecule has 0 unspecified atom stereocenters. The van der Waals surface area contributed by atoms with Gasteiger partial charge >= 0.3 is 6.03 Å². The molecule has 2 heterocycles. The lowest BCUT2D eigenvalue weighted by molar-refractivity contribution is 0.127. The highest BCUT2D eigenvalue weighted by atomic mass is 127. The fraction of sp³-hybridized carbons (Fsp3) is 0.643. The van der Waals surface area contributed by atoms with E-state index in [9.17, 15) is 4.79 Å². The topological polar surface area (TPSA) is 47.9 Å². The number of halogens is 1. The van der Waals surface area contributed by atoms with Gasteiger partial charge in [-0.1, -0.05) is 38.2 Å². The van der Waals surface area contributed by atoms with Gasteiger partial charge in [-0.25, -0.2) is 4.79 Å². The monoisotopic (exact) mass is 576 g/mol. The van der Waals surface area contributed by atoms with Crippen molar-refractivity contribution in [3.63, 3.8) is 0 Å². The second kappa shape index (κ2) is 12.0. The molecule has 1 saturated heterocycles. The highest BCUT2D eigenvalue weighted by Crippen LogP contribution is 2.41. The van der Waals surface area contributed by atoms with Gasteiger partial charge in [0.25, 0.3) is 0 Å². The first-order valence-electron chi connectivity index (χ1n) is 13.3. The lowest BCUT2D eigenvalue weighted by Gasteiger charge is -2.48. The number of benzene rings is 1. The van der Waals surface area contributed by atoms with Gasteiger partial charge in [0, 0.05) is 27.9 Å². The predicted octanol–water partition coefficient (Wildman–Crippen LogP) is 6.91. The van der Waals surface area contributed by atoms with E-state index in [1.165, 1.54) is 61.4 Å². The van der Waals surface area contributed by atoms with Gasteiger partial charge in [-0.15, -0.1) is 6.58 Å². The van der Waals surface area contributed by atoms with Gasteiger partial charge in [-0.3, -0.25) is 4.90 Å². The molecule has 0 aromatic heterocycles. The zero-order valence-electron chi connectivity index (χ0n) is 20.8. The Balaban J connectivity index is 1.49. The average molecular weight is 577 g/mol. The van der Waals surface area contributed by atoms with Gasteiger partial charge in [0.2, 0.25) is 0 Å². The van der Waals surface area contributed by atoms with Crippen LogP contribution >= 0.6 is 22.6 Å². The number of aliphatic imine (C=N–C) groups is 1. The zero-order chi connectivity index (χ0) is 24.0. The Labute approximate surface area is 219 Å². The molecule has 3 aliphatic rings. The number of hydrogen-bond acceptors (Lipinski definition) is 3. The van der Waals surface area contributed by atoms with Crippen LogP contribution < -0.4 is 10.2 Å². The van der Waals surface area contributed by atoms with E-state index in [0.717, 1.165) is 43.9 Å². The summed E-state index contributed by atoms with van der Waals surface area (Å²) < 4.78 is 1.18. The minimum Gasteiger partial charge on any atom is -0.369 e. The molecule has 1 aromatic carbocycles. The summed E-state index contributed by atoms with van der Waals surface area (Å²) in [5, 5.41) is 3.79. The maximum absolute atomic E-state index is 13.3. The number of hydrogen-bond donors (Lipinski definition) is 1. The van der Waals surface area contributed by atoms with Crippen LogP contribution in [-0.2, 0) is 0 Å². The number of allylic oxidation sites excluding steroid dienone is 1. The lowest BCUT2D eigenvalue weighted by atomic mass is 9.80. The van der Waals surface area contributed by atoms with E-state index in [0.29, 0.717) is 12.1 Å². The van der Waals surface area contributed by atoms with E-state index in [1.807, 2.05) is 11.0 Å². The van der Waals surface area contributed by atoms with Crippen molar-refractivity contribution < 1.29 is 4.79 Å². The van der Waals surface area contributed by atoms with E-state index in [4.69, 9.17) is 0 Å². The van der Waals surface area contributed by atoms with Gasteiger partial charge in [-0.2, -0.15) is 4.99 Å². The summed E-state index contributed by atoms with van der Waals surface area (Å²) in [6.45, 7) is 8.32. The van der Waals surface area contributed by atoms with Crippen LogP contribution in [0.25, 0.3) is 0 Å². The van der Waals surface area contributed by atoms with Crippen LogP contribution in [0.5, 0.6) is 0 Å². The number of piperidine rings is 1. The maximum Gasteiger partial charge on any atom is 0.350 e. The third-order valence-electron chi connectivity index (χ3n) is 7.97. The Morgan fingerprint density at radius 1 is 1.15 bits per heavy atom. The third-order valence-corrected chi connectivity index (χ3v) is 8.69. The summed E-state index contributed by atoms with van der Waals surface area (Å²) in [4.78, 5) is 22.7. The van der Waals surface area contributed by atoms with Crippen LogP contribution in [0.15, 0.2) is 41.9 Å². The van der Waals surface area contributed by atoms with Crippen molar-refractivity contribution in [1.29, 1.82) is 0 Å². The maximum atomic E-state index is 13.3. The van der Waals surface area contributed by atoms with Crippen LogP contribution in [-0.4, -0.2) is 47.5 Å². The van der Waals surface area contributed by atoms with Crippen molar-refractivity contribution in [1.82, 2.24) is 10.2 Å². The zero-order valence-corrected chi connectivity index (χ0v) is 22.9. The molecule has 0 bridgehead atoms. The molecule has 1 spiro atoms. The van der Waals surface area contributed by atoms with Crippen molar-refractivity contribution in [2.24, 2.45) is 4.99 Å². The van der Waals surface area contributed by atoms with Crippen molar-refractivity contribution in [3.05, 3.63) is 40.5 Å². The molecule has 2 aliphatic heterocycles. The molecule has 2 atom stereocenters. The lowest BCUT2D eigenvalue weighted by Crippen LogP contribution is -2.64. The van der Waals surface area contributed by atoms with Crippen LogP contribution in [0.1, 0.15) is 84.0 Å². The Bertz CT molecular complexity index is 864. The highest BCUT2D eigenvalue weighted by Gasteiger charge is 2.53. The molecule has 2 fully saturated rings. The summed E-state index contributed by atoms with van der Waals surface area (Å²) >= 11 is 2.32. The first kappa shape index (κ1) is 25.7. The van der Waals surface area contributed by atoms with E-state index >= 15 is 0 Å². The van der Waals surface area contributed by atoms with Gasteiger partial charge in [0.05, 0.1) is 0 Å². The van der Waals surface area contributed by atoms with Crippen LogP contribution in [0.2, 0.25) is 0 Å². The van der Waals surface area contributed by atoms with Crippen LogP contribution in [0, 0.1) is 3.57 Å². The number of nitrogens with one attached hydrogen (secondary N) is 1. The molecule has 4 rings (SSSR count). The van der Waals surface area contributed by atoms with Crippen molar-refractivity contribution in [3.8, 4) is 0 Å². The highest BCUT2D eigenvalue weighted by molar-refractivity contribution is 14.1. The quantitative estimate of drug-likeness (QED) is 0.198. The molecule has 186 valence electrons. The molecule has 1 aromatic rings. The number of anilines is 1. The number of likely N-dealkylation sites (tertiary alicyclic amines) is 1. The number of carbonyl (C=O) groups excluding carboxylic acids is 1. The second-order valence-corrected chi connectivity index (χ2v) is 11.6. The predicted molar refractivity (Wildman–Crippen MR) is 151 cm³/mol. The minimum atomic E-state index is -0.360. The van der Waals surface area contributed by atoms with Gasteiger partial charge < -0.3 is 10.2 Å². The molecule has 6 heteroatoms. The number of nitrogens with zero attached hydrogens (tertiary/aromatic N) is 3. The molecule has 0 radical (unpaired) electrons. The molecule has 2 amide bonds. The minimum absolute atomic E-state index is 0.109. The van der Waals surface area contributed by atoms with E-state index in [1.54, 1.807) is 0 Å². The molecular weight excluding hydrogens is 535 g/mol. The number of amidine groups is 1. The van der Waals surface area contributed by atoms with Crippen molar-refractivity contribution in [2.45, 2.75) is 102 Å². The normalized spacial score (nSPS) is 26.2. The fourth-order valence-corrected chi connectivity index (χ4v) is 6.43. The molecular formula is C28H41IN4O. The fourth-order valence-electron chi connectivity index (χ4n) is 6.07. The second-order valence-electron chi connectivity index (χ2n) is 10.4. The van der Waals surface area contributed by atoms with Gasteiger partial charge in [0.1, 0.15) is 11.4 Å². The number of urea groups is 1. The SMILES string of the molecule is C=CCCCCCCN1CC[C@@]2(C[C@@H]1C)C(NC1CCCCC1)=NC(=O)N2c1ccc(I)cc1. The van der Waals surface area contributed by atoms with E-state index < -0.39 is 0 Å².